The normalized spacial score (nSPS) is 17.5. The lowest BCUT2D eigenvalue weighted by molar-refractivity contribution is 0.0932. The van der Waals surface area contributed by atoms with Gasteiger partial charge in [-0.05, 0) is 31.2 Å². The first kappa shape index (κ1) is 20.5. The van der Waals surface area contributed by atoms with Crippen molar-refractivity contribution in [3.8, 4) is 0 Å². The van der Waals surface area contributed by atoms with E-state index < -0.39 is 0 Å². The quantitative estimate of drug-likeness (QED) is 0.575. The van der Waals surface area contributed by atoms with Gasteiger partial charge in [-0.1, -0.05) is 49.6 Å². The van der Waals surface area contributed by atoms with E-state index in [1.807, 2.05) is 6.07 Å². The number of amides is 1. The molecule has 32 heavy (non-hydrogen) atoms. The highest BCUT2D eigenvalue weighted by atomic mass is 16.1. The standard InChI is InChI=1S/C25H28N6O/c32-24(29-16-25(11-5-2-6-12-25)19-7-3-1-4-8-19)22-23(30-20-13-26-17-27-14-20)28-15-21(31-22)18-9-10-18/h1,3-4,7-8,13-15,17-18H,2,5-6,9-12,16H2,(H,28,30)(H,29,32). The van der Waals surface area contributed by atoms with Gasteiger partial charge in [0.05, 0.1) is 30.0 Å². The molecular weight excluding hydrogens is 400 g/mol. The molecular formula is C25H28N6O. The topological polar surface area (TPSA) is 92.7 Å². The van der Waals surface area contributed by atoms with Gasteiger partial charge >= 0.3 is 0 Å². The number of nitrogens with one attached hydrogen (secondary N) is 2. The van der Waals surface area contributed by atoms with Crippen LogP contribution in [0.1, 0.15) is 72.6 Å². The molecule has 2 N–H and O–H groups in total. The SMILES string of the molecule is O=C(NCC1(c2ccccc2)CCCCC1)c1nc(C2CC2)cnc1Nc1cncnc1. The van der Waals surface area contributed by atoms with Gasteiger partial charge in [-0.3, -0.25) is 4.79 Å². The predicted octanol–water partition coefficient (Wildman–Crippen LogP) is 4.52. The Morgan fingerprint density at radius 3 is 2.47 bits per heavy atom. The highest BCUT2D eigenvalue weighted by Gasteiger charge is 2.35. The van der Waals surface area contributed by atoms with Crippen molar-refractivity contribution < 1.29 is 4.79 Å². The molecule has 7 heteroatoms. The van der Waals surface area contributed by atoms with Crippen LogP contribution in [-0.2, 0) is 5.41 Å². The number of nitrogens with zero attached hydrogens (tertiary/aromatic N) is 4. The first-order chi connectivity index (χ1) is 15.7. The van der Waals surface area contributed by atoms with Crippen molar-refractivity contribution >= 4 is 17.4 Å². The summed E-state index contributed by atoms with van der Waals surface area (Å²) in [6, 6.07) is 10.6. The van der Waals surface area contributed by atoms with E-state index in [0.717, 1.165) is 31.4 Å². The van der Waals surface area contributed by atoms with Crippen LogP contribution in [0.15, 0.2) is 55.2 Å². The number of aromatic nitrogens is 4. The lowest BCUT2D eigenvalue weighted by atomic mass is 9.69. The lowest BCUT2D eigenvalue weighted by Crippen LogP contribution is -2.42. The number of benzene rings is 1. The van der Waals surface area contributed by atoms with Crippen molar-refractivity contribution in [3.63, 3.8) is 0 Å². The largest absolute Gasteiger partial charge is 0.350 e. The Kier molecular flexibility index (Phi) is 5.79. The molecule has 0 saturated heterocycles. The van der Waals surface area contributed by atoms with Gasteiger partial charge in [-0.15, -0.1) is 0 Å². The zero-order valence-electron chi connectivity index (χ0n) is 18.1. The average Bonchev–Trinajstić information content (AvgIpc) is 3.70. The Bertz CT molecular complexity index is 1060. The maximum Gasteiger partial charge on any atom is 0.273 e. The zero-order chi connectivity index (χ0) is 21.8. The maximum absolute atomic E-state index is 13.4. The fraction of sp³-hybridized carbons (Fsp3) is 0.400. The van der Waals surface area contributed by atoms with Gasteiger partial charge in [0.15, 0.2) is 11.5 Å². The molecule has 164 valence electrons. The Morgan fingerprint density at radius 1 is 1.00 bits per heavy atom. The maximum atomic E-state index is 13.4. The van der Waals surface area contributed by atoms with Crippen molar-refractivity contribution in [2.24, 2.45) is 0 Å². The molecule has 2 aliphatic rings. The molecule has 2 heterocycles. The highest BCUT2D eigenvalue weighted by Crippen LogP contribution is 2.40. The van der Waals surface area contributed by atoms with Crippen molar-refractivity contribution in [2.45, 2.75) is 56.3 Å². The summed E-state index contributed by atoms with van der Waals surface area (Å²) in [5.74, 6) is 0.650. The smallest absolute Gasteiger partial charge is 0.273 e. The third kappa shape index (κ3) is 4.47. The first-order valence-corrected chi connectivity index (χ1v) is 11.5. The third-order valence-electron chi connectivity index (χ3n) is 6.61. The molecule has 2 aromatic heterocycles. The summed E-state index contributed by atoms with van der Waals surface area (Å²) in [6.07, 6.45) is 14.5. The second-order valence-corrected chi connectivity index (χ2v) is 8.91. The van der Waals surface area contributed by atoms with Gasteiger partial charge in [-0.25, -0.2) is 19.9 Å². The number of carbonyl (C=O) groups excluding carboxylic acids is 1. The van der Waals surface area contributed by atoms with Gasteiger partial charge in [0, 0.05) is 17.9 Å². The number of hydrogen-bond donors (Lipinski definition) is 2. The summed E-state index contributed by atoms with van der Waals surface area (Å²) in [5, 5.41) is 6.37. The molecule has 1 aromatic carbocycles. The molecule has 2 aliphatic carbocycles. The molecule has 0 spiro atoms. The summed E-state index contributed by atoms with van der Waals surface area (Å²) < 4.78 is 0. The van der Waals surface area contributed by atoms with Crippen LogP contribution >= 0.6 is 0 Å². The summed E-state index contributed by atoms with van der Waals surface area (Å²) in [6.45, 7) is 0.596. The third-order valence-corrected chi connectivity index (χ3v) is 6.61. The van der Waals surface area contributed by atoms with E-state index >= 15 is 0 Å². The van der Waals surface area contributed by atoms with Crippen LogP contribution in [0.5, 0.6) is 0 Å². The van der Waals surface area contributed by atoms with Crippen LogP contribution < -0.4 is 10.6 Å². The number of rotatable bonds is 7. The van der Waals surface area contributed by atoms with Crippen LogP contribution in [0.4, 0.5) is 11.5 Å². The van der Waals surface area contributed by atoms with Gasteiger partial charge < -0.3 is 10.6 Å². The van der Waals surface area contributed by atoms with E-state index in [0.29, 0.717) is 29.7 Å². The molecule has 2 fully saturated rings. The molecule has 0 atom stereocenters. The Morgan fingerprint density at radius 2 is 1.75 bits per heavy atom. The number of hydrogen-bond acceptors (Lipinski definition) is 6. The molecule has 7 nitrogen and oxygen atoms in total. The Hall–Kier alpha value is -3.35. The molecule has 3 aromatic rings. The van der Waals surface area contributed by atoms with E-state index in [4.69, 9.17) is 4.98 Å². The molecule has 0 bridgehead atoms. The van der Waals surface area contributed by atoms with Crippen molar-refractivity contribution in [2.75, 3.05) is 11.9 Å². The predicted molar refractivity (Wildman–Crippen MR) is 123 cm³/mol. The van der Waals surface area contributed by atoms with Crippen LogP contribution in [0.2, 0.25) is 0 Å². The highest BCUT2D eigenvalue weighted by molar-refractivity contribution is 5.97. The van der Waals surface area contributed by atoms with Crippen molar-refractivity contribution in [1.82, 2.24) is 25.3 Å². The molecule has 2 saturated carbocycles. The Labute approximate surface area is 188 Å². The molecule has 0 radical (unpaired) electrons. The lowest BCUT2D eigenvalue weighted by Gasteiger charge is -2.38. The average molecular weight is 429 g/mol. The van der Waals surface area contributed by atoms with E-state index in [1.165, 1.54) is 31.2 Å². The van der Waals surface area contributed by atoms with Crippen molar-refractivity contribution in [1.29, 1.82) is 0 Å². The van der Waals surface area contributed by atoms with E-state index in [1.54, 1.807) is 18.6 Å². The van der Waals surface area contributed by atoms with E-state index in [9.17, 15) is 4.79 Å². The minimum Gasteiger partial charge on any atom is -0.350 e. The summed E-state index contributed by atoms with van der Waals surface area (Å²) in [4.78, 5) is 30.7. The van der Waals surface area contributed by atoms with Crippen LogP contribution in [0, 0.1) is 0 Å². The first-order valence-electron chi connectivity index (χ1n) is 11.5. The second-order valence-electron chi connectivity index (χ2n) is 8.91. The fourth-order valence-electron chi connectivity index (χ4n) is 4.65. The molecule has 1 amide bonds. The molecule has 5 rings (SSSR count). The minimum atomic E-state index is -0.194. The van der Waals surface area contributed by atoms with Crippen LogP contribution in [-0.4, -0.2) is 32.4 Å². The van der Waals surface area contributed by atoms with Crippen LogP contribution in [0.25, 0.3) is 0 Å². The number of carbonyl (C=O) groups is 1. The van der Waals surface area contributed by atoms with E-state index in [-0.39, 0.29) is 11.3 Å². The summed E-state index contributed by atoms with van der Waals surface area (Å²) in [7, 11) is 0. The monoisotopic (exact) mass is 428 g/mol. The molecule has 0 unspecified atom stereocenters. The van der Waals surface area contributed by atoms with Gasteiger partial charge in [0.2, 0.25) is 0 Å². The molecule has 0 aliphatic heterocycles. The number of anilines is 2. The van der Waals surface area contributed by atoms with E-state index in [2.05, 4.69) is 49.9 Å². The Balaban J connectivity index is 1.39. The fourth-order valence-corrected chi connectivity index (χ4v) is 4.65. The zero-order valence-corrected chi connectivity index (χ0v) is 18.1. The summed E-state index contributed by atoms with van der Waals surface area (Å²) in [5.41, 5.74) is 3.16. The van der Waals surface area contributed by atoms with Gasteiger partial charge in [0.1, 0.15) is 6.33 Å². The van der Waals surface area contributed by atoms with Crippen LogP contribution in [0.3, 0.4) is 0 Å². The van der Waals surface area contributed by atoms with Crippen molar-refractivity contribution in [3.05, 3.63) is 72.2 Å². The minimum absolute atomic E-state index is 0.0302. The summed E-state index contributed by atoms with van der Waals surface area (Å²) >= 11 is 0. The second kappa shape index (κ2) is 9.02. The van der Waals surface area contributed by atoms with Gasteiger partial charge in [0.25, 0.3) is 5.91 Å². The van der Waals surface area contributed by atoms with Gasteiger partial charge in [-0.2, -0.15) is 0 Å².